The Bertz CT molecular complexity index is 86.3. The van der Waals surface area contributed by atoms with Gasteiger partial charge in [-0.15, -0.1) is 0 Å². The van der Waals surface area contributed by atoms with Gasteiger partial charge in [-0.2, -0.15) is 0 Å². The summed E-state index contributed by atoms with van der Waals surface area (Å²) in [5.41, 5.74) is 0. The molecule has 0 unspecified atom stereocenters. The number of ether oxygens (including phenoxy) is 3. The third kappa shape index (κ3) is 1.64. The molecular weight excluding hydrogens is 120 g/mol. The van der Waals surface area contributed by atoms with Gasteiger partial charge >= 0.3 is 0 Å². The van der Waals surface area contributed by atoms with Gasteiger partial charge in [-0.05, 0) is 6.92 Å². The number of rotatable bonds is 2. The van der Waals surface area contributed by atoms with Crippen LogP contribution in [0.5, 0.6) is 0 Å². The average molecular weight is 132 g/mol. The fourth-order valence-corrected chi connectivity index (χ4v) is 0.841. The Morgan fingerprint density at radius 3 is 2.44 bits per heavy atom. The van der Waals surface area contributed by atoms with Crippen LogP contribution in [0.3, 0.4) is 0 Å². The fourth-order valence-electron chi connectivity index (χ4n) is 0.841. The minimum Gasteiger partial charge on any atom is -0.328 e. The molecule has 1 rings (SSSR count). The van der Waals surface area contributed by atoms with E-state index in [1.165, 1.54) is 0 Å². The van der Waals surface area contributed by atoms with Crippen LogP contribution in [0.1, 0.15) is 13.8 Å². The molecule has 0 spiro atoms. The lowest BCUT2D eigenvalue weighted by molar-refractivity contribution is -0.316. The van der Waals surface area contributed by atoms with E-state index in [1.54, 1.807) is 6.92 Å². The Kier molecular flexibility index (Phi) is 2.05. The van der Waals surface area contributed by atoms with Crippen molar-refractivity contribution in [1.82, 2.24) is 0 Å². The first-order valence-electron chi connectivity index (χ1n) is 3.19. The molecule has 1 saturated heterocycles. The normalized spacial score (nSPS) is 24.7. The van der Waals surface area contributed by atoms with E-state index in [-0.39, 0.29) is 0 Å². The molecule has 0 bridgehead atoms. The summed E-state index contributed by atoms with van der Waals surface area (Å²) >= 11 is 0. The first-order chi connectivity index (χ1) is 4.27. The van der Waals surface area contributed by atoms with Crippen LogP contribution in [0.25, 0.3) is 0 Å². The summed E-state index contributed by atoms with van der Waals surface area (Å²) in [5.74, 6) is -0.755. The minimum absolute atomic E-state index is 0.622. The quantitative estimate of drug-likeness (QED) is 0.554. The van der Waals surface area contributed by atoms with Crippen LogP contribution in [-0.2, 0) is 14.2 Å². The van der Waals surface area contributed by atoms with Crippen LogP contribution in [0.15, 0.2) is 0 Å². The van der Waals surface area contributed by atoms with E-state index in [9.17, 15) is 0 Å². The number of hydrogen-bond acceptors (Lipinski definition) is 3. The van der Waals surface area contributed by atoms with Gasteiger partial charge in [0.15, 0.2) is 0 Å². The van der Waals surface area contributed by atoms with Crippen molar-refractivity contribution in [2.45, 2.75) is 19.8 Å². The van der Waals surface area contributed by atoms with Crippen LogP contribution in [0.4, 0.5) is 0 Å². The van der Waals surface area contributed by atoms with E-state index >= 15 is 0 Å². The van der Waals surface area contributed by atoms with Crippen LogP contribution in [-0.4, -0.2) is 25.8 Å². The molecule has 0 aromatic rings. The van der Waals surface area contributed by atoms with Crippen molar-refractivity contribution in [3.05, 3.63) is 0 Å². The van der Waals surface area contributed by atoms with Gasteiger partial charge in [0.2, 0.25) is 0 Å². The highest BCUT2D eigenvalue weighted by Gasteiger charge is 2.31. The summed E-state index contributed by atoms with van der Waals surface area (Å²) in [6, 6.07) is 0. The third-order valence-electron chi connectivity index (χ3n) is 1.22. The molecule has 0 radical (unpaired) electrons. The maximum Gasteiger partial charge on any atom is 0.280 e. The van der Waals surface area contributed by atoms with Gasteiger partial charge in [0, 0.05) is 13.5 Å². The molecule has 0 N–H and O–H groups in total. The Hall–Kier alpha value is -0.120. The Labute approximate surface area is 54.9 Å². The van der Waals surface area contributed by atoms with Gasteiger partial charge in [0.1, 0.15) is 0 Å². The zero-order valence-corrected chi connectivity index (χ0v) is 5.85. The molecule has 3 nitrogen and oxygen atoms in total. The molecule has 0 amide bonds. The van der Waals surface area contributed by atoms with Gasteiger partial charge < -0.3 is 14.2 Å². The molecule has 9 heavy (non-hydrogen) atoms. The van der Waals surface area contributed by atoms with Crippen molar-refractivity contribution in [3.8, 4) is 0 Å². The fraction of sp³-hybridized carbons (Fsp3) is 1.00. The smallest absolute Gasteiger partial charge is 0.280 e. The molecular formula is C6H12O3. The summed E-state index contributed by atoms with van der Waals surface area (Å²) in [7, 11) is 0. The van der Waals surface area contributed by atoms with Crippen molar-refractivity contribution >= 4 is 0 Å². The zero-order valence-electron chi connectivity index (χ0n) is 5.85. The first kappa shape index (κ1) is 6.99. The highest BCUT2D eigenvalue weighted by Crippen LogP contribution is 2.18. The predicted octanol–water partition coefficient (Wildman–Crippen LogP) is 0.743. The summed E-state index contributed by atoms with van der Waals surface area (Å²) in [5, 5.41) is 0. The Morgan fingerprint density at radius 2 is 2.00 bits per heavy atom. The molecule has 0 aromatic heterocycles. The maximum atomic E-state index is 5.15. The predicted molar refractivity (Wildman–Crippen MR) is 31.9 cm³/mol. The molecule has 0 aromatic carbocycles. The van der Waals surface area contributed by atoms with Gasteiger partial charge in [0.05, 0.1) is 13.2 Å². The third-order valence-corrected chi connectivity index (χ3v) is 1.22. The lowest BCUT2D eigenvalue weighted by atomic mass is 10.6. The van der Waals surface area contributed by atoms with Crippen LogP contribution in [0, 0.1) is 0 Å². The average Bonchev–Trinajstić information content (AvgIpc) is 2.16. The monoisotopic (exact) mass is 132 g/mol. The maximum absolute atomic E-state index is 5.15. The van der Waals surface area contributed by atoms with Gasteiger partial charge in [-0.1, -0.05) is 0 Å². The Balaban J connectivity index is 2.32. The molecule has 1 aliphatic heterocycles. The van der Waals surface area contributed by atoms with Crippen LogP contribution in [0.2, 0.25) is 0 Å². The van der Waals surface area contributed by atoms with Gasteiger partial charge in [-0.3, -0.25) is 0 Å². The van der Waals surface area contributed by atoms with E-state index in [2.05, 4.69) is 0 Å². The van der Waals surface area contributed by atoms with Crippen LogP contribution < -0.4 is 0 Å². The van der Waals surface area contributed by atoms with E-state index in [4.69, 9.17) is 14.2 Å². The molecule has 54 valence electrons. The largest absolute Gasteiger partial charge is 0.328 e. The summed E-state index contributed by atoms with van der Waals surface area (Å²) < 4.78 is 15.4. The number of hydrogen-bond donors (Lipinski definition) is 0. The summed E-state index contributed by atoms with van der Waals surface area (Å²) in [6.45, 7) is 5.59. The zero-order chi connectivity index (χ0) is 6.74. The molecule has 0 aliphatic carbocycles. The Morgan fingerprint density at radius 1 is 1.44 bits per heavy atom. The van der Waals surface area contributed by atoms with E-state index in [0.717, 1.165) is 0 Å². The molecule has 1 heterocycles. The van der Waals surface area contributed by atoms with Crippen LogP contribution >= 0.6 is 0 Å². The SMILES string of the molecule is CCOC1(C)OCCO1. The molecule has 3 heteroatoms. The van der Waals surface area contributed by atoms with Gasteiger partial charge in [0.25, 0.3) is 5.97 Å². The highest BCUT2D eigenvalue weighted by atomic mass is 16.9. The second-order valence-corrected chi connectivity index (χ2v) is 1.99. The van der Waals surface area contributed by atoms with Crippen molar-refractivity contribution in [1.29, 1.82) is 0 Å². The standard InChI is InChI=1S/C6H12O3/c1-3-7-6(2)8-4-5-9-6/h3-5H2,1-2H3. The molecule has 0 atom stereocenters. The molecule has 1 aliphatic rings. The minimum atomic E-state index is -0.755. The highest BCUT2D eigenvalue weighted by molar-refractivity contribution is 4.53. The van der Waals surface area contributed by atoms with Crippen molar-refractivity contribution in [2.24, 2.45) is 0 Å². The molecule has 1 fully saturated rings. The van der Waals surface area contributed by atoms with Crippen molar-refractivity contribution in [2.75, 3.05) is 19.8 Å². The van der Waals surface area contributed by atoms with E-state index in [0.29, 0.717) is 19.8 Å². The lowest BCUT2D eigenvalue weighted by Crippen LogP contribution is -2.29. The summed E-state index contributed by atoms with van der Waals surface area (Å²) in [4.78, 5) is 0. The van der Waals surface area contributed by atoms with E-state index in [1.807, 2.05) is 6.92 Å². The summed E-state index contributed by atoms with van der Waals surface area (Å²) in [6.07, 6.45) is 0. The second-order valence-electron chi connectivity index (χ2n) is 1.99. The topological polar surface area (TPSA) is 27.7 Å². The van der Waals surface area contributed by atoms with Crippen molar-refractivity contribution in [3.63, 3.8) is 0 Å². The second kappa shape index (κ2) is 2.64. The van der Waals surface area contributed by atoms with E-state index < -0.39 is 5.97 Å². The lowest BCUT2D eigenvalue weighted by Gasteiger charge is -2.20. The molecule has 0 saturated carbocycles. The van der Waals surface area contributed by atoms with Gasteiger partial charge in [-0.25, -0.2) is 0 Å². The first-order valence-corrected chi connectivity index (χ1v) is 3.19. The van der Waals surface area contributed by atoms with Crippen molar-refractivity contribution < 1.29 is 14.2 Å².